The molecule has 1 spiro atoms. The van der Waals surface area contributed by atoms with Crippen molar-refractivity contribution < 1.29 is 44.9 Å². The number of carbonyl (C=O) groups is 2. The molecule has 0 bridgehead atoms. The smallest absolute Gasteiger partial charge is 0.263 e. The molecule has 4 aromatic carbocycles. The Morgan fingerprint density at radius 3 is 1.83 bits per heavy atom. The predicted molar refractivity (Wildman–Crippen MR) is 395 cm³/mol. The van der Waals surface area contributed by atoms with Gasteiger partial charge in [-0.3, -0.25) is 37.8 Å². The van der Waals surface area contributed by atoms with Gasteiger partial charge < -0.3 is 39.0 Å². The average Bonchev–Trinajstić information content (AvgIpc) is 1.20. The lowest BCUT2D eigenvalue weighted by Gasteiger charge is -2.29. The number of ether oxygens (including phenoxy) is 2. The number of benzene rings is 4. The van der Waals surface area contributed by atoms with Crippen molar-refractivity contribution in [2.75, 3.05) is 69.0 Å². The molecule has 550 valence electrons. The van der Waals surface area contributed by atoms with Crippen molar-refractivity contribution in [2.24, 2.45) is 5.41 Å². The third-order valence-electron chi connectivity index (χ3n) is 20.7. The van der Waals surface area contributed by atoms with Gasteiger partial charge in [-0.15, -0.1) is 0 Å². The molecule has 3 aliphatic heterocycles. The van der Waals surface area contributed by atoms with Crippen molar-refractivity contribution in [2.45, 2.75) is 188 Å². The summed E-state index contributed by atoms with van der Waals surface area (Å²) >= 11 is 0. The number of hydrogen-bond donors (Lipinski definition) is 4. The van der Waals surface area contributed by atoms with Crippen LogP contribution in [0.5, 0.6) is 0 Å². The third-order valence-corrected chi connectivity index (χ3v) is 23.5. The molecule has 2 unspecified atom stereocenters. The minimum absolute atomic E-state index is 0.00574. The molecule has 4 aromatic heterocycles. The fourth-order valence-corrected chi connectivity index (χ4v) is 17.0. The highest BCUT2D eigenvalue weighted by Gasteiger charge is 2.42. The second kappa shape index (κ2) is 32.6. The third kappa shape index (κ3) is 17.0. The monoisotopic (exact) mass is 1450 g/mol. The molecule has 3 aliphatic rings. The molecule has 24 nitrogen and oxygen atoms in total. The molecule has 2 amide bonds. The Balaban J connectivity index is 1.02. The highest BCUT2D eigenvalue weighted by Crippen LogP contribution is 2.40. The fourth-order valence-electron chi connectivity index (χ4n) is 14.4. The van der Waals surface area contributed by atoms with E-state index in [9.17, 15) is 22.8 Å². The molecule has 0 radical (unpaired) electrons. The van der Waals surface area contributed by atoms with Gasteiger partial charge >= 0.3 is 0 Å². The van der Waals surface area contributed by atoms with Crippen molar-refractivity contribution in [3.63, 3.8) is 0 Å². The maximum Gasteiger partial charge on any atom is 0.263 e. The Morgan fingerprint density at radius 2 is 1.24 bits per heavy atom. The van der Waals surface area contributed by atoms with Crippen LogP contribution in [0.3, 0.4) is 0 Å². The first kappa shape index (κ1) is 75.5. The van der Waals surface area contributed by atoms with Gasteiger partial charge in [-0.05, 0) is 172 Å². The van der Waals surface area contributed by atoms with E-state index in [2.05, 4.69) is 42.2 Å². The number of piperidine rings is 1. The number of aryl methyl sites for hydroxylation is 5. The molecular formula is C77H98N12O12S2. The summed E-state index contributed by atoms with van der Waals surface area (Å²) in [6.45, 7) is 23.8. The van der Waals surface area contributed by atoms with Crippen LogP contribution < -0.4 is 31.2 Å². The summed E-state index contributed by atoms with van der Waals surface area (Å²) in [6, 6.07) is 23.0. The minimum atomic E-state index is -4.58. The van der Waals surface area contributed by atoms with Crippen LogP contribution in [-0.4, -0.2) is 133 Å². The summed E-state index contributed by atoms with van der Waals surface area (Å²) < 4.78 is 91.4. The van der Waals surface area contributed by atoms with E-state index in [-0.39, 0.29) is 95.0 Å². The van der Waals surface area contributed by atoms with E-state index in [1.165, 1.54) is 6.07 Å². The number of unbranched alkanes of at least 4 members (excludes halogenated alkanes) is 1. The first-order valence-corrected chi connectivity index (χ1v) is 39.0. The van der Waals surface area contributed by atoms with E-state index < -0.39 is 31.5 Å². The van der Waals surface area contributed by atoms with Crippen molar-refractivity contribution >= 4 is 43.5 Å². The zero-order chi connectivity index (χ0) is 73.5. The molecule has 8 aromatic rings. The van der Waals surface area contributed by atoms with Crippen LogP contribution in [0, 0.1) is 47.0 Å². The summed E-state index contributed by atoms with van der Waals surface area (Å²) in [5.41, 5.74) is 6.80. The van der Waals surface area contributed by atoms with Gasteiger partial charge in [-0.25, -0.2) is 26.8 Å². The molecule has 3 saturated heterocycles. The zero-order valence-electron chi connectivity index (χ0n) is 61.2. The molecule has 103 heavy (non-hydrogen) atoms. The summed E-state index contributed by atoms with van der Waals surface area (Å²) in [4.78, 5) is 73.2. The van der Waals surface area contributed by atoms with E-state index in [1.54, 1.807) is 74.1 Å². The van der Waals surface area contributed by atoms with Crippen LogP contribution in [0.15, 0.2) is 107 Å². The van der Waals surface area contributed by atoms with Crippen LogP contribution in [0.25, 0.3) is 22.3 Å². The van der Waals surface area contributed by atoms with E-state index in [1.807, 2.05) is 82.1 Å². The van der Waals surface area contributed by atoms with Crippen LogP contribution in [-0.2, 0) is 84.7 Å². The highest BCUT2D eigenvalue weighted by molar-refractivity contribution is 7.93. The molecule has 4 N–H and O–H groups in total. The number of nitrogens with one attached hydrogen (secondary N) is 4. The lowest BCUT2D eigenvalue weighted by Crippen LogP contribution is -2.44. The minimum Gasteiger partial charge on any atom is -0.377 e. The van der Waals surface area contributed by atoms with E-state index >= 15 is 13.2 Å². The van der Waals surface area contributed by atoms with Crippen LogP contribution in [0.1, 0.15) is 170 Å². The molecule has 3 fully saturated rings. The molecule has 0 aliphatic carbocycles. The summed E-state index contributed by atoms with van der Waals surface area (Å²) in [5.74, 6) is 0.783. The Labute approximate surface area is 603 Å². The number of hydrogen-bond acceptors (Lipinski definition) is 18. The van der Waals surface area contributed by atoms with Gasteiger partial charge in [-0.1, -0.05) is 104 Å². The van der Waals surface area contributed by atoms with Gasteiger partial charge in [0.1, 0.15) is 23.2 Å². The second-order valence-electron chi connectivity index (χ2n) is 28.0. The van der Waals surface area contributed by atoms with Gasteiger partial charge in [-0.2, -0.15) is 0 Å². The average molecular weight is 1450 g/mol. The molecule has 0 saturated carbocycles. The molecule has 11 rings (SSSR count). The molecule has 2 atom stereocenters. The van der Waals surface area contributed by atoms with Gasteiger partial charge in [0.2, 0.25) is 11.8 Å². The lowest BCUT2D eigenvalue weighted by atomic mass is 9.86. The predicted octanol–water partition coefficient (Wildman–Crippen LogP) is 10.5. The Bertz CT molecular complexity index is 4800. The number of rotatable bonds is 30. The van der Waals surface area contributed by atoms with Gasteiger partial charge in [0.05, 0.1) is 48.9 Å². The number of aromatic nitrogens is 6. The number of likely N-dealkylation sites (tertiary alicyclic amines) is 2. The number of nitrogens with zero attached hydrogens (tertiary/aromatic N) is 8. The Kier molecular flexibility index (Phi) is 23.9. The van der Waals surface area contributed by atoms with E-state index in [4.69, 9.17) is 28.5 Å². The fraction of sp³-hybridized carbons (Fsp3) is 0.481. The topological polar surface area (TPSA) is 297 Å². The molecule has 7 heterocycles. The quantitative estimate of drug-likeness (QED) is 0.0325. The van der Waals surface area contributed by atoms with E-state index in [0.29, 0.717) is 141 Å². The summed E-state index contributed by atoms with van der Waals surface area (Å²) in [5, 5.41) is 14.7. The van der Waals surface area contributed by atoms with Gasteiger partial charge in [0, 0.05) is 101 Å². The normalized spacial score (nSPS) is 16.3. The summed E-state index contributed by atoms with van der Waals surface area (Å²) in [6.07, 6.45) is 6.31. The van der Waals surface area contributed by atoms with Crippen LogP contribution in [0.2, 0.25) is 0 Å². The number of anilines is 2. The second-order valence-corrected chi connectivity index (χ2v) is 31.3. The van der Waals surface area contributed by atoms with Gasteiger partial charge in [0.15, 0.2) is 11.6 Å². The number of sulfonamides is 2. The maximum atomic E-state index is 15.8. The number of carbonyl (C=O) groups excluding carboxylic acids is 2. The highest BCUT2D eigenvalue weighted by atomic mass is 32.2. The van der Waals surface area contributed by atoms with Gasteiger partial charge in [0.25, 0.3) is 31.2 Å². The zero-order valence-corrected chi connectivity index (χ0v) is 62.8. The Morgan fingerprint density at radius 1 is 0.670 bits per heavy atom. The summed E-state index contributed by atoms with van der Waals surface area (Å²) in [7, 11) is -6.78. The van der Waals surface area contributed by atoms with Crippen molar-refractivity contribution in [1.29, 1.82) is 0 Å². The lowest BCUT2D eigenvalue weighted by molar-refractivity contribution is -0.129. The molecule has 26 heteroatoms. The van der Waals surface area contributed by atoms with Crippen LogP contribution >= 0.6 is 0 Å². The standard InChI is InChI=1S/C77H98N12O12S2/c1-12-16-22-69-79-50(7)66(41-71(91)87-36-32-77(47-87)31-33-78-46-77)75(92)88(69)42-54-23-27-61(58(37-54)45-99-15-4)64-28-25-56(39-68(64)103(96,97)85-73-49(6)53(10)101-83-73)62(19-13-2)74-80-51(8)65(40-70(90)81-59-29-34-86(11)35-30-59)76(93)89(74)43-55-24-26-60(57(38-55)44-98-14-3)63-20-17-18-21-67(63)102(94,95)84-72-48(5)52(9)100-82-72/h17-18,20-21,23-28,37-39,59,62,78H,12-16,19,22,29-36,40-47H2,1-11H3,(H,81,90)(H,82,84)(H,83,85). The molecular weight excluding hydrogens is 1350 g/mol. The largest absolute Gasteiger partial charge is 0.377 e. The van der Waals surface area contributed by atoms with Crippen LogP contribution in [0.4, 0.5) is 11.6 Å². The maximum absolute atomic E-state index is 15.8. The SMILES string of the molecule is CCCCc1nc(C)c(CC(=O)N2CCC3(CCNC3)C2)c(=O)n1Cc1ccc(-c2ccc(C(CCC)c3nc(C)c(CC(=O)NC4CCN(C)CC4)c(=O)n3Cc3ccc(-c4ccccc4S(=O)(=O)Nc4noc(C)c4C)c(COCC)c3)cc2S(=O)(=O)Nc2noc(C)c2C)c(COCC)c1. The van der Waals surface area contributed by atoms with Crippen molar-refractivity contribution in [3.05, 3.63) is 184 Å². The van der Waals surface area contributed by atoms with Crippen molar-refractivity contribution in [1.82, 2.24) is 49.8 Å². The first-order valence-electron chi connectivity index (χ1n) is 36.0. The number of amides is 2. The first-order chi connectivity index (χ1) is 49.3. The van der Waals surface area contributed by atoms with Crippen molar-refractivity contribution in [3.8, 4) is 22.3 Å². The Hall–Kier alpha value is -8.66. The van der Waals surface area contributed by atoms with E-state index in [0.717, 1.165) is 70.3 Å².